The Bertz CT molecular complexity index is 482. The molecule has 3 nitrogen and oxygen atoms in total. The molecule has 0 saturated carbocycles. The molecule has 1 aromatic carbocycles. The van der Waals surface area contributed by atoms with Crippen LogP contribution in [0.5, 0.6) is 0 Å². The van der Waals surface area contributed by atoms with Crippen LogP contribution in [0.2, 0.25) is 0 Å². The van der Waals surface area contributed by atoms with Crippen molar-refractivity contribution in [3.63, 3.8) is 0 Å². The maximum Gasteiger partial charge on any atom is 0.254 e. The van der Waals surface area contributed by atoms with E-state index in [2.05, 4.69) is 10.2 Å². The van der Waals surface area contributed by atoms with Gasteiger partial charge >= 0.3 is 0 Å². The highest BCUT2D eigenvalue weighted by atomic mass is 16.2. The van der Waals surface area contributed by atoms with E-state index >= 15 is 0 Å². The van der Waals surface area contributed by atoms with Gasteiger partial charge < -0.3 is 10.2 Å². The molecule has 3 rings (SSSR count). The largest absolute Gasteiger partial charge is 0.339 e. The third kappa shape index (κ3) is 2.59. The molecule has 1 spiro atoms. The lowest BCUT2D eigenvalue weighted by atomic mass is 9.71. The fourth-order valence-corrected chi connectivity index (χ4v) is 3.62. The topological polar surface area (TPSA) is 32.3 Å². The normalized spacial score (nSPS) is 21.9. The van der Waals surface area contributed by atoms with E-state index in [1.54, 1.807) is 0 Å². The minimum Gasteiger partial charge on any atom is -0.339 e. The molecule has 0 bridgehead atoms. The Kier molecular flexibility index (Phi) is 3.79. The van der Waals surface area contributed by atoms with Crippen LogP contribution in [-0.2, 0) is 0 Å². The fourth-order valence-electron chi connectivity index (χ4n) is 3.62. The Labute approximate surface area is 121 Å². The first-order chi connectivity index (χ1) is 9.70. The zero-order valence-electron chi connectivity index (χ0n) is 12.3. The monoisotopic (exact) mass is 272 g/mol. The number of piperidine rings is 2. The van der Waals surface area contributed by atoms with Crippen LogP contribution in [0.1, 0.15) is 41.6 Å². The number of carbonyl (C=O) groups is 1. The Morgan fingerprint density at radius 2 is 1.75 bits per heavy atom. The Morgan fingerprint density at radius 1 is 1.10 bits per heavy atom. The molecule has 1 N–H and O–H groups in total. The molecule has 20 heavy (non-hydrogen) atoms. The minimum atomic E-state index is 0.215. The zero-order chi connectivity index (χ0) is 14.0. The van der Waals surface area contributed by atoms with Gasteiger partial charge in [0.25, 0.3) is 5.91 Å². The van der Waals surface area contributed by atoms with Crippen LogP contribution >= 0.6 is 0 Å². The SMILES string of the molecule is Cc1ccccc1C(=O)N1CCC2(CCNCC2)CC1. The van der Waals surface area contributed by atoms with E-state index < -0.39 is 0 Å². The third-order valence-electron chi connectivity index (χ3n) is 5.15. The number of rotatable bonds is 1. The van der Waals surface area contributed by atoms with Crippen LogP contribution in [0, 0.1) is 12.3 Å². The third-order valence-corrected chi connectivity index (χ3v) is 5.15. The van der Waals surface area contributed by atoms with Crippen molar-refractivity contribution in [3.8, 4) is 0 Å². The van der Waals surface area contributed by atoms with E-state index in [0.29, 0.717) is 5.41 Å². The summed E-state index contributed by atoms with van der Waals surface area (Å²) in [5, 5.41) is 3.44. The highest BCUT2D eigenvalue weighted by Gasteiger charge is 2.36. The van der Waals surface area contributed by atoms with Gasteiger partial charge in [-0.2, -0.15) is 0 Å². The van der Waals surface area contributed by atoms with E-state index in [0.717, 1.165) is 37.3 Å². The minimum absolute atomic E-state index is 0.215. The second-order valence-electron chi connectivity index (χ2n) is 6.36. The summed E-state index contributed by atoms with van der Waals surface area (Å²) in [6.07, 6.45) is 4.90. The quantitative estimate of drug-likeness (QED) is 0.852. The Hall–Kier alpha value is -1.35. The number of likely N-dealkylation sites (tertiary alicyclic amines) is 1. The van der Waals surface area contributed by atoms with Gasteiger partial charge in [-0.3, -0.25) is 4.79 Å². The number of hydrogen-bond donors (Lipinski definition) is 1. The van der Waals surface area contributed by atoms with Gasteiger partial charge in [-0.1, -0.05) is 18.2 Å². The second kappa shape index (κ2) is 5.57. The van der Waals surface area contributed by atoms with Gasteiger partial charge in [-0.15, -0.1) is 0 Å². The molecule has 2 fully saturated rings. The smallest absolute Gasteiger partial charge is 0.254 e. The summed E-state index contributed by atoms with van der Waals surface area (Å²) >= 11 is 0. The molecule has 0 aliphatic carbocycles. The number of benzene rings is 1. The van der Waals surface area contributed by atoms with Gasteiger partial charge in [-0.05, 0) is 62.7 Å². The fraction of sp³-hybridized carbons (Fsp3) is 0.588. The first-order valence-corrected chi connectivity index (χ1v) is 7.76. The van der Waals surface area contributed by atoms with Crippen molar-refractivity contribution >= 4 is 5.91 Å². The van der Waals surface area contributed by atoms with Crippen molar-refractivity contribution in [3.05, 3.63) is 35.4 Å². The predicted octanol–water partition coefficient (Wildman–Crippen LogP) is 2.60. The molecule has 2 aliphatic heterocycles. The van der Waals surface area contributed by atoms with Gasteiger partial charge in [-0.25, -0.2) is 0 Å². The average Bonchev–Trinajstić information content (AvgIpc) is 2.49. The summed E-state index contributed by atoms with van der Waals surface area (Å²) < 4.78 is 0. The van der Waals surface area contributed by atoms with Gasteiger partial charge in [0, 0.05) is 18.7 Å². The molecule has 2 saturated heterocycles. The lowest BCUT2D eigenvalue weighted by molar-refractivity contribution is 0.0495. The van der Waals surface area contributed by atoms with Gasteiger partial charge in [0.15, 0.2) is 0 Å². The summed E-state index contributed by atoms with van der Waals surface area (Å²) in [5.41, 5.74) is 2.46. The summed E-state index contributed by atoms with van der Waals surface area (Å²) in [6, 6.07) is 7.92. The van der Waals surface area contributed by atoms with Crippen LogP contribution in [0.4, 0.5) is 0 Å². The summed E-state index contributed by atoms with van der Waals surface area (Å²) in [4.78, 5) is 14.7. The Balaban J connectivity index is 1.66. The number of amides is 1. The molecule has 3 heteroatoms. The molecule has 1 aromatic rings. The first kappa shape index (κ1) is 13.6. The van der Waals surface area contributed by atoms with E-state index in [1.165, 1.54) is 25.7 Å². The van der Waals surface area contributed by atoms with Crippen LogP contribution in [0.3, 0.4) is 0 Å². The van der Waals surface area contributed by atoms with Crippen molar-refractivity contribution in [2.45, 2.75) is 32.6 Å². The molecular formula is C17H24N2O. The van der Waals surface area contributed by atoms with E-state index in [4.69, 9.17) is 0 Å². The molecule has 0 atom stereocenters. The predicted molar refractivity (Wildman–Crippen MR) is 80.9 cm³/mol. The van der Waals surface area contributed by atoms with E-state index in [1.807, 2.05) is 31.2 Å². The standard InChI is InChI=1S/C17H24N2O/c1-14-4-2-3-5-15(14)16(20)19-12-8-17(9-13-19)6-10-18-11-7-17/h2-5,18H,6-13H2,1H3. The van der Waals surface area contributed by atoms with E-state index in [9.17, 15) is 4.79 Å². The molecule has 0 unspecified atom stereocenters. The number of aryl methyl sites for hydroxylation is 1. The van der Waals surface area contributed by atoms with Gasteiger partial charge in [0.1, 0.15) is 0 Å². The van der Waals surface area contributed by atoms with Crippen molar-refractivity contribution in [2.75, 3.05) is 26.2 Å². The average molecular weight is 272 g/mol. The van der Waals surface area contributed by atoms with Crippen LogP contribution in [0.25, 0.3) is 0 Å². The van der Waals surface area contributed by atoms with Crippen LogP contribution in [0.15, 0.2) is 24.3 Å². The highest BCUT2D eigenvalue weighted by molar-refractivity contribution is 5.95. The number of nitrogens with zero attached hydrogens (tertiary/aromatic N) is 1. The van der Waals surface area contributed by atoms with Crippen LogP contribution in [-0.4, -0.2) is 37.0 Å². The number of carbonyl (C=O) groups excluding carboxylic acids is 1. The lowest BCUT2D eigenvalue weighted by Crippen LogP contribution is -2.47. The molecule has 108 valence electrons. The van der Waals surface area contributed by atoms with Gasteiger partial charge in [0.2, 0.25) is 0 Å². The molecular weight excluding hydrogens is 248 g/mol. The van der Waals surface area contributed by atoms with Crippen molar-refractivity contribution in [1.82, 2.24) is 10.2 Å². The Morgan fingerprint density at radius 3 is 2.40 bits per heavy atom. The maximum atomic E-state index is 12.6. The summed E-state index contributed by atoms with van der Waals surface area (Å²) in [5.74, 6) is 0.215. The second-order valence-corrected chi connectivity index (χ2v) is 6.36. The van der Waals surface area contributed by atoms with Gasteiger partial charge in [0.05, 0.1) is 0 Å². The lowest BCUT2D eigenvalue weighted by Gasteiger charge is -2.44. The zero-order valence-corrected chi connectivity index (χ0v) is 12.3. The van der Waals surface area contributed by atoms with Crippen molar-refractivity contribution < 1.29 is 4.79 Å². The molecule has 0 aromatic heterocycles. The molecule has 2 aliphatic rings. The highest BCUT2D eigenvalue weighted by Crippen LogP contribution is 2.39. The van der Waals surface area contributed by atoms with Crippen molar-refractivity contribution in [2.24, 2.45) is 5.41 Å². The summed E-state index contributed by atoms with van der Waals surface area (Å²) in [7, 11) is 0. The maximum absolute atomic E-state index is 12.6. The number of nitrogens with one attached hydrogen (secondary N) is 1. The van der Waals surface area contributed by atoms with E-state index in [-0.39, 0.29) is 5.91 Å². The first-order valence-electron chi connectivity index (χ1n) is 7.76. The molecule has 2 heterocycles. The van der Waals surface area contributed by atoms with Crippen molar-refractivity contribution in [1.29, 1.82) is 0 Å². The van der Waals surface area contributed by atoms with Crippen LogP contribution < -0.4 is 5.32 Å². The number of hydrogen-bond acceptors (Lipinski definition) is 2. The summed E-state index contributed by atoms with van der Waals surface area (Å²) in [6.45, 7) is 6.16. The molecule has 0 radical (unpaired) electrons. The molecule has 1 amide bonds.